The summed E-state index contributed by atoms with van der Waals surface area (Å²) in [5.41, 5.74) is 2.55. The second kappa shape index (κ2) is 11.5. The van der Waals surface area contributed by atoms with Crippen molar-refractivity contribution in [2.75, 3.05) is 38.5 Å². The number of piperazine rings is 1. The molecule has 35 heavy (non-hydrogen) atoms. The maximum absolute atomic E-state index is 13.5. The Morgan fingerprint density at radius 1 is 1.06 bits per heavy atom. The first-order chi connectivity index (χ1) is 16.9. The number of thiazole rings is 1. The van der Waals surface area contributed by atoms with Crippen LogP contribution >= 0.6 is 22.9 Å². The van der Waals surface area contributed by atoms with E-state index in [1.54, 1.807) is 42.6 Å². The lowest BCUT2D eigenvalue weighted by Gasteiger charge is -2.36. The number of anilines is 1. The number of amides is 3. The molecule has 0 unspecified atom stereocenters. The fourth-order valence-corrected chi connectivity index (χ4v) is 5.03. The Bertz CT molecular complexity index is 1220. The summed E-state index contributed by atoms with van der Waals surface area (Å²) >= 11 is 7.56. The van der Waals surface area contributed by atoms with Crippen LogP contribution in [-0.2, 0) is 18.4 Å². The normalized spacial score (nSPS) is 15.6. The number of hydrogen-bond donors (Lipinski definition) is 2. The van der Waals surface area contributed by atoms with Crippen molar-refractivity contribution in [2.24, 2.45) is 12.0 Å². The van der Waals surface area contributed by atoms with Gasteiger partial charge in [0.1, 0.15) is 6.04 Å². The number of carbonyl (C=O) groups is 2. The van der Waals surface area contributed by atoms with Gasteiger partial charge in [-0.25, -0.2) is 4.79 Å². The van der Waals surface area contributed by atoms with Gasteiger partial charge in [-0.05, 0) is 29.8 Å². The molecule has 10 heteroatoms. The SMILES string of the molecule is C/N=c1\scc(CN2CCN(C(=O)[C@H](NC(=O)Nc3ccc(Cl)cc3)c3ccccc3)CC2)n1C. The third-order valence-electron chi connectivity index (χ3n) is 6.04. The van der Waals surface area contributed by atoms with E-state index in [0.29, 0.717) is 23.8 Å². The Labute approximate surface area is 213 Å². The van der Waals surface area contributed by atoms with E-state index in [1.807, 2.05) is 42.3 Å². The average molecular weight is 513 g/mol. The van der Waals surface area contributed by atoms with E-state index in [9.17, 15) is 9.59 Å². The molecule has 184 valence electrons. The van der Waals surface area contributed by atoms with Crippen LogP contribution in [-0.4, -0.2) is 59.5 Å². The molecule has 1 fully saturated rings. The number of nitrogens with zero attached hydrogens (tertiary/aromatic N) is 4. The number of halogens is 1. The van der Waals surface area contributed by atoms with Gasteiger partial charge < -0.3 is 20.1 Å². The van der Waals surface area contributed by atoms with Gasteiger partial charge in [0.2, 0.25) is 5.91 Å². The third kappa shape index (κ3) is 6.30. The molecule has 1 aliphatic rings. The highest BCUT2D eigenvalue weighted by atomic mass is 35.5. The molecule has 0 spiro atoms. The number of urea groups is 1. The van der Waals surface area contributed by atoms with E-state index in [-0.39, 0.29) is 5.91 Å². The molecule has 2 N–H and O–H groups in total. The summed E-state index contributed by atoms with van der Waals surface area (Å²) in [7, 11) is 3.83. The molecule has 2 aromatic carbocycles. The van der Waals surface area contributed by atoms with Crippen LogP contribution in [0, 0.1) is 0 Å². The summed E-state index contributed by atoms with van der Waals surface area (Å²) in [4.78, 5) is 35.7. The monoisotopic (exact) mass is 512 g/mol. The molecule has 1 aliphatic heterocycles. The van der Waals surface area contributed by atoms with E-state index >= 15 is 0 Å². The molecule has 0 radical (unpaired) electrons. The van der Waals surface area contributed by atoms with Gasteiger partial charge in [-0.3, -0.25) is 14.7 Å². The summed E-state index contributed by atoms with van der Waals surface area (Å²) in [6.45, 7) is 3.54. The largest absolute Gasteiger partial charge is 0.338 e. The molecule has 0 aliphatic carbocycles. The zero-order valence-corrected chi connectivity index (χ0v) is 21.4. The average Bonchev–Trinajstić information content (AvgIpc) is 3.23. The summed E-state index contributed by atoms with van der Waals surface area (Å²) < 4.78 is 2.11. The second-order valence-corrected chi connectivity index (χ2v) is 9.62. The fourth-order valence-electron chi connectivity index (χ4n) is 4.05. The molecule has 1 atom stereocenters. The van der Waals surface area contributed by atoms with Gasteiger partial charge in [-0.1, -0.05) is 41.9 Å². The van der Waals surface area contributed by atoms with E-state index in [1.165, 1.54) is 5.69 Å². The highest BCUT2D eigenvalue weighted by molar-refractivity contribution is 7.07. The molecule has 2 heterocycles. The van der Waals surface area contributed by atoms with E-state index in [0.717, 1.165) is 30.0 Å². The van der Waals surface area contributed by atoms with Crippen molar-refractivity contribution in [3.8, 4) is 0 Å². The van der Waals surface area contributed by atoms with Gasteiger partial charge in [0, 0.05) is 68.6 Å². The van der Waals surface area contributed by atoms with Crippen molar-refractivity contribution in [2.45, 2.75) is 12.6 Å². The van der Waals surface area contributed by atoms with Gasteiger partial charge in [0.25, 0.3) is 0 Å². The van der Waals surface area contributed by atoms with Crippen molar-refractivity contribution in [3.63, 3.8) is 0 Å². The summed E-state index contributed by atoms with van der Waals surface area (Å²) in [6.07, 6.45) is 0. The summed E-state index contributed by atoms with van der Waals surface area (Å²) in [6, 6.07) is 14.9. The van der Waals surface area contributed by atoms with E-state index in [4.69, 9.17) is 11.6 Å². The predicted molar refractivity (Wildman–Crippen MR) is 139 cm³/mol. The minimum Gasteiger partial charge on any atom is -0.338 e. The van der Waals surface area contributed by atoms with Crippen LogP contribution in [0.15, 0.2) is 65.0 Å². The number of carbonyl (C=O) groups excluding carboxylic acids is 2. The number of rotatable bonds is 6. The van der Waals surface area contributed by atoms with Gasteiger partial charge in [0.05, 0.1) is 0 Å². The van der Waals surface area contributed by atoms with Crippen LogP contribution in [0.3, 0.4) is 0 Å². The van der Waals surface area contributed by atoms with E-state index < -0.39 is 12.1 Å². The predicted octanol–water partition coefficient (Wildman–Crippen LogP) is 3.48. The molecule has 3 amide bonds. The van der Waals surface area contributed by atoms with Crippen molar-refractivity contribution in [1.29, 1.82) is 0 Å². The smallest absolute Gasteiger partial charge is 0.320 e. The zero-order chi connectivity index (χ0) is 24.8. The first-order valence-corrected chi connectivity index (χ1v) is 12.7. The number of aromatic nitrogens is 1. The molecular weight excluding hydrogens is 484 g/mol. The Hall–Kier alpha value is -3.14. The Morgan fingerprint density at radius 3 is 2.37 bits per heavy atom. The van der Waals surface area contributed by atoms with Crippen molar-refractivity contribution >= 4 is 40.6 Å². The van der Waals surface area contributed by atoms with Crippen LogP contribution in [0.4, 0.5) is 10.5 Å². The number of benzene rings is 2. The first-order valence-electron chi connectivity index (χ1n) is 11.4. The van der Waals surface area contributed by atoms with Crippen LogP contribution < -0.4 is 15.4 Å². The summed E-state index contributed by atoms with van der Waals surface area (Å²) in [5.74, 6) is -0.115. The van der Waals surface area contributed by atoms with Gasteiger partial charge in [0.15, 0.2) is 4.80 Å². The molecular formula is C25H29ClN6O2S. The van der Waals surface area contributed by atoms with Crippen molar-refractivity contribution < 1.29 is 9.59 Å². The third-order valence-corrected chi connectivity index (χ3v) is 7.35. The van der Waals surface area contributed by atoms with Gasteiger partial charge in [-0.2, -0.15) is 0 Å². The number of nitrogens with one attached hydrogen (secondary N) is 2. The molecule has 4 rings (SSSR count). The fraction of sp³-hybridized carbons (Fsp3) is 0.320. The highest BCUT2D eigenvalue weighted by Gasteiger charge is 2.30. The van der Waals surface area contributed by atoms with Crippen LogP contribution in [0.25, 0.3) is 0 Å². The Kier molecular flexibility index (Phi) is 8.22. The van der Waals surface area contributed by atoms with Crippen LogP contribution in [0.2, 0.25) is 5.02 Å². The van der Waals surface area contributed by atoms with Gasteiger partial charge >= 0.3 is 6.03 Å². The minimum absolute atomic E-state index is 0.115. The zero-order valence-electron chi connectivity index (χ0n) is 19.8. The lowest BCUT2D eigenvalue weighted by Crippen LogP contribution is -2.52. The lowest BCUT2D eigenvalue weighted by atomic mass is 10.1. The van der Waals surface area contributed by atoms with Crippen molar-refractivity contribution in [3.05, 3.63) is 81.1 Å². The summed E-state index contributed by atoms with van der Waals surface area (Å²) in [5, 5.41) is 8.36. The molecule has 0 bridgehead atoms. The maximum atomic E-state index is 13.5. The quantitative estimate of drug-likeness (QED) is 0.530. The first kappa shape index (κ1) is 25.0. The molecule has 1 saturated heterocycles. The Morgan fingerprint density at radius 2 is 1.74 bits per heavy atom. The lowest BCUT2D eigenvalue weighted by molar-refractivity contribution is -0.135. The van der Waals surface area contributed by atoms with Crippen LogP contribution in [0.1, 0.15) is 17.3 Å². The second-order valence-electron chi connectivity index (χ2n) is 8.34. The van der Waals surface area contributed by atoms with Gasteiger partial charge in [-0.15, -0.1) is 11.3 Å². The number of hydrogen-bond acceptors (Lipinski definition) is 5. The van der Waals surface area contributed by atoms with E-state index in [2.05, 4.69) is 30.5 Å². The Balaban J connectivity index is 1.40. The van der Waals surface area contributed by atoms with Crippen LogP contribution in [0.5, 0.6) is 0 Å². The molecule has 8 nitrogen and oxygen atoms in total. The minimum atomic E-state index is -0.779. The highest BCUT2D eigenvalue weighted by Crippen LogP contribution is 2.19. The molecule has 1 aromatic heterocycles. The molecule has 0 saturated carbocycles. The maximum Gasteiger partial charge on any atom is 0.320 e. The molecule has 3 aromatic rings. The standard InChI is InChI=1S/C25H29ClN6O2S/c1-27-25-30(2)21(17-35-25)16-31-12-14-32(15-13-31)23(33)22(18-6-4-3-5-7-18)29-24(34)28-20-10-8-19(26)9-11-20/h3-11,17,22H,12-16H2,1-2H3,(H2,28,29,34)/b27-25-/t22-/m1/s1. The van der Waals surface area contributed by atoms with Crippen molar-refractivity contribution in [1.82, 2.24) is 19.7 Å². The topological polar surface area (TPSA) is 82.0 Å².